The van der Waals surface area contributed by atoms with Gasteiger partial charge in [0.2, 0.25) is 0 Å². The van der Waals surface area contributed by atoms with E-state index in [0.29, 0.717) is 10.7 Å². The largest absolute Gasteiger partial charge is 0.445 e. The number of halogens is 1. The molecule has 1 saturated heterocycles. The van der Waals surface area contributed by atoms with Gasteiger partial charge in [-0.25, -0.2) is 4.79 Å². The first-order valence-electron chi connectivity index (χ1n) is 5.68. The number of nitrogens with one attached hydrogen (secondary N) is 2. The van der Waals surface area contributed by atoms with Crippen LogP contribution >= 0.6 is 11.6 Å². The van der Waals surface area contributed by atoms with Gasteiger partial charge in [-0.3, -0.25) is 5.32 Å². The third-order valence-corrected chi connectivity index (χ3v) is 2.87. The minimum absolute atomic E-state index is 0.0314. The third-order valence-electron chi connectivity index (χ3n) is 2.62. The molecule has 92 valence electrons. The Labute approximate surface area is 105 Å². The SMILES string of the molecule is O=C(Nc1ccc(Cl)cc1)OC1CCCNC1. The molecular formula is C12H15ClN2O2. The van der Waals surface area contributed by atoms with Crippen LogP contribution in [0.2, 0.25) is 5.02 Å². The maximum Gasteiger partial charge on any atom is 0.411 e. The maximum atomic E-state index is 11.6. The topological polar surface area (TPSA) is 50.4 Å². The molecule has 2 rings (SSSR count). The summed E-state index contributed by atoms with van der Waals surface area (Å²) in [5.74, 6) is 0. The summed E-state index contributed by atoms with van der Waals surface area (Å²) in [6.07, 6.45) is 1.51. The molecule has 1 aromatic carbocycles. The van der Waals surface area contributed by atoms with E-state index in [0.717, 1.165) is 25.9 Å². The molecule has 2 N–H and O–H groups in total. The van der Waals surface area contributed by atoms with Crippen molar-refractivity contribution in [3.05, 3.63) is 29.3 Å². The summed E-state index contributed by atoms with van der Waals surface area (Å²) in [5.41, 5.74) is 0.683. The van der Waals surface area contributed by atoms with Gasteiger partial charge in [0, 0.05) is 17.3 Å². The van der Waals surface area contributed by atoms with Crippen molar-refractivity contribution in [2.75, 3.05) is 18.4 Å². The monoisotopic (exact) mass is 254 g/mol. The Morgan fingerprint density at radius 2 is 2.18 bits per heavy atom. The van der Waals surface area contributed by atoms with Crippen molar-refractivity contribution in [1.82, 2.24) is 5.32 Å². The van der Waals surface area contributed by atoms with E-state index in [9.17, 15) is 4.79 Å². The van der Waals surface area contributed by atoms with Gasteiger partial charge in [0.1, 0.15) is 6.10 Å². The summed E-state index contributed by atoms with van der Waals surface area (Å²) >= 11 is 5.75. The van der Waals surface area contributed by atoms with Crippen LogP contribution in [0.25, 0.3) is 0 Å². The van der Waals surface area contributed by atoms with Crippen LogP contribution in [0.15, 0.2) is 24.3 Å². The van der Waals surface area contributed by atoms with Crippen molar-refractivity contribution in [2.45, 2.75) is 18.9 Å². The van der Waals surface area contributed by atoms with E-state index in [2.05, 4.69) is 10.6 Å². The van der Waals surface area contributed by atoms with Gasteiger partial charge in [-0.05, 0) is 43.7 Å². The highest BCUT2D eigenvalue weighted by molar-refractivity contribution is 6.30. The molecule has 4 nitrogen and oxygen atoms in total. The van der Waals surface area contributed by atoms with E-state index < -0.39 is 6.09 Å². The number of hydrogen-bond acceptors (Lipinski definition) is 3. The van der Waals surface area contributed by atoms with Gasteiger partial charge in [-0.15, -0.1) is 0 Å². The van der Waals surface area contributed by atoms with Crippen molar-refractivity contribution in [2.24, 2.45) is 0 Å². The van der Waals surface area contributed by atoms with E-state index in [1.54, 1.807) is 24.3 Å². The van der Waals surface area contributed by atoms with Crippen LogP contribution in [0.3, 0.4) is 0 Å². The van der Waals surface area contributed by atoms with Gasteiger partial charge >= 0.3 is 6.09 Å². The summed E-state index contributed by atoms with van der Waals surface area (Å²) in [6, 6.07) is 6.92. The Hall–Kier alpha value is -1.26. The maximum absolute atomic E-state index is 11.6. The zero-order valence-corrected chi connectivity index (χ0v) is 10.2. The van der Waals surface area contributed by atoms with Crippen LogP contribution in [0, 0.1) is 0 Å². The molecule has 1 fully saturated rings. The number of amides is 1. The molecule has 1 aliphatic rings. The average Bonchev–Trinajstić information content (AvgIpc) is 2.33. The normalized spacial score (nSPS) is 19.7. The second-order valence-electron chi connectivity index (χ2n) is 4.01. The number of ether oxygens (including phenoxy) is 1. The van der Waals surface area contributed by atoms with Crippen molar-refractivity contribution in [1.29, 1.82) is 0 Å². The molecule has 0 radical (unpaired) electrons. The van der Waals surface area contributed by atoms with Gasteiger partial charge in [-0.1, -0.05) is 11.6 Å². The van der Waals surface area contributed by atoms with Gasteiger partial charge in [0.15, 0.2) is 0 Å². The Kier molecular flexibility index (Phi) is 4.23. The zero-order valence-electron chi connectivity index (χ0n) is 9.41. The second kappa shape index (κ2) is 5.89. The Bertz CT molecular complexity index is 375. The van der Waals surface area contributed by atoms with Gasteiger partial charge < -0.3 is 10.1 Å². The molecule has 1 aliphatic heterocycles. The van der Waals surface area contributed by atoms with E-state index in [-0.39, 0.29) is 6.10 Å². The van der Waals surface area contributed by atoms with Crippen LogP contribution in [0.5, 0.6) is 0 Å². The van der Waals surface area contributed by atoms with Gasteiger partial charge in [-0.2, -0.15) is 0 Å². The third kappa shape index (κ3) is 3.91. The highest BCUT2D eigenvalue weighted by Crippen LogP contribution is 2.14. The highest BCUT2D eigenvalue weighted by Gasteiger charge is 2.17. The van der Waals surface area contributed by atoms with Crippen molar-refractivity contribution in [3.8, 4) is 0 Å². The molecule has 0 bridgehead atoms. The highest BCUT2D eigenvalue weighted by atomic mass is 35.5. The number of anilines is 1. The number of rotatable bonds is 2. The van der Waals surface area contributed by atoms with Crippen LogP contribution in [-0.4, -0.2) is 25.3 Å². The summed E-state index contributed by atoms with van der Waals surface area (Å²) in [4.78, 5) is 11.6. The number of piperidine rings is 1. The Morgan fingerprint density at radius 1 is 1.41 bits per heavy atom. The molecule has 1 atom stereocenters. The zero-order chi connectivity index (χ0) is 12.1. The molecule has 5 heteroatoms. The Morgan fingerprint density at radius 3 is 2.82 bits per heavy atom. The molecule has 17 heavy (non-hydrogen) atoms. The quantitative estimate of drug-likeness (QED) is 0.853. The smallest absolute Gasteiger partial charge is 0.411 e. The summed E-state index contributed by atoms with van der Waals surface area (Å²) in [6.45, 7) is 1.73. The fourth-order valence-electron chi connectivity index (χ4n) is 1.75. The fraction of sp³-hybridized carbons (Fsp3) is 0.417. The lowest BCUT2D eigenvalue weighted by Gasteiger charge is -2.22. The minimum atomic E-state index is -0.416. The first kappa shape index (κ1) is 12.2. The van der Waals surface area contributed by atoms with Crippen LogP contribution in [-0.2, 0) is 4.74 Å². The van der Waals surface area contributed by atoms with E-state index in [1.165, 1.54) is 0 Å². The standard InChI is InChI=1S/C12H15ClN2O2/c13-9-3-5-10(6-4-9)15-12(16)17-11-2-1-7-14-8-11/h3-6,11,14H,1-2,7-8H2,(H,15,16). The average molecular weight is 255 g/mol. The number of hydrogen-bond donors (Lipinski definition) is 2. The summed E-state index contributed by atoms with van der Waals surface area (Å²) < 4.78 is 5.28. The molecule has 1 aromatic rings. The molecule has 0 saturated carbocycles. The molecular weight excluding hydrogens is 240 g/mol. The van der Waals surface area contributed by atoms with Crippen LogP contribution in [0.1, 0.15) is 12.8 Å². The van der Waals surface area contributed by atoms with Gasteiger partial charge in [0.25, 0.3) is 0 Å². The van der Waals surface area contributed by atoms with Crippen LogP contribution < -0.4 is 10.6 Å². The predicted octanol–water partition coefficient (Wildman–Crippen LogP) is 2.64. The summed E-state index contributed by atoms with van der Waals surface area (Å²) in [7, 11) is 0. The fourth-order valence-corrected chi connectivity index (χ4v) is 1.88. The number of benzene rings is 1. The van der Waals surface area contributed by atoms with Crippen LogP contribution in [0.4, 0.5) is 10.5 Å². The molecule has 0 aliphatic carbocycles. The second-order valence-corrected chi connectivity index (χ2v) is 4.44. The molecule has 0 aromatic heterocycles. The predicted molar refractivity (Wildman–Crippen MR) is 67.4 cm³/mol. The first-order chi connectivity index (χ1) is 8.24. The van der Waals surface area contributed by atoms with Gasteiger partial charge in [0.05, 0.1) is 0 Å². The molecule has 0 spiro atoms. The first-order valence-corrected chi connectivity index (χ1v) is 6.06. The van der Waals surface area contributed by atoms with E-state index in [4.69, 9.17) is 16.3 Å². The number of carbonyl (C=O) groups excluding carboxylic acids is 1. The lowest BCUT2D eigenvalue weighted by molar-refractivity contribution is 0.0941. The molecule has 1 amide bonds. The van der Waals surface area contributed by atoms with E-state index in [1.807, 2.05) is 0 Å². The molecule has 1 unspecified atom stereocenters. The van der Waals surface area contributed by atoms with E-state index >= 15 is 0 Å². The molecule has 1 heterocycles. The summed E-state index contributed by atoms with van der Waals surface area (Å²) in [5, 5.41) is 6.50. The lowest BCUT2D eigenvalue weighted by atomic mass is 10.1. The van der Waals surface area contributed by atoms with Crippen molar-refractivity contribution >= 4 is 23.4 Å². The minimum Gasteiger partial charge on any atom is -0.445 e. The van der Waals surface area contributed by atoms with Crippen molar-refractivity contribution in [3.63, 3.8) is 0 Å². The number of carbonyl (C=O) groups is 1. The lowest BCUT2D eigenvalue weighted by Crippen LogP contribution is -2.37. The Balaban J connectivity index is 1.82. The van der Waals surface area contributed by atoms with Crippen molar-refractivity contribution < 1.29 is 9.53 Å².